The van der Waals surface area contributed by atoms with Gasteiger partial charge >= 0.3 is 0 Å². The van der Waals surface area contributed by atoms with Crippen molar-refractivity contribution in [2.24, 2.45) is 0 Å². The zero-order valence-electron chi connectivity index (χ0n) is 12.7. The van der Waals surface area contributed by atoms with Gasteiger partial charge in [0.2, 0.25) is 0 Å². The molecule has 0 bridgehead atoms. The molecule has 0 aliphatic rings. The normalized spacial score (nSPS) is 10.9. The quantitative estimate of drug-likeness (QED) is 0.362. The van der Waals surface area contributed by atoms with E-state index in [1.807, 2.05) is 12.1 Å². The number of non-ortho nitro benzene ring substituents is 1. The molecule has 1 aromatic rings. The van der Waals surface area contributed by atoms with Crippen LogP contribution >= 0.6 is 0 Å². The summed E-state index contributed by atoms with van der Waals surface area (Å²) >= 11 is 0. The summed E-state index contributed by atoms with van der Waals surface area (Å²) in [5, 5.41) is 10.6. The van der Waals surface area contributed by atoms with Gasteiger partial charge in [0.15, 0.2) is 0 Å². The fraction of sp³-hybridized carbons (Fsp3) is 0.625. The van der Waals surface area contributed by atoms with Crippen LogP contribution < -0.4 is 0 Å². The zero-order chi connectivity index (χ0) is 14.8. The van der Waals surface area contributed by atoms with Crippen LogP contribution in [-0.4, -0.2) is 23.4 Å². The lowest BCUT2D eigenvalue weighted by atomic mass is 10.1. The highest BCUT2D eigenvalue weighted by molar-refractivity contribution is 5.32. The standard InChI is InChI=1S/C16H26N2O2/c1-3-4-5-6-7-8-13-17(2)14-15-9-11-16(12-10-15)18(19)20/h9-12H,3-8,13-14H2,1-2H3. The van der Waals surface area contributed by atoms with Crippen molar-refractivity contribution in [3.05, 3.63) is 39.9 Å². The van der Waals surface area contributed by atoms with Gasteiger partial charge in [0.25, 0.3) is 5.69 Å². The van der Waals surface area contributed by atoms with E-state index >= 15 is 0 Å². The second-order valence-electron chi connectivity index (χ2n) is 5.43. The lowest BCUT2D eigenvalue weighted by Gasteiger charge is -2.16. The monoisotopic (exact) mass is 278 g/mol. The average molecular weight is 278 g/mol. The van der Waals surface area contributed by atoms with Crippen molar-refractivity contribution in [2.45, 2.75) is 52.0 Å². The largest absolute Gasteiger partial charge is 0.302 e. The Morgan fingerprint density at radius 2 is 1.65 bits per heavy atom. The van der Waals surface area contributed by atoms with Gasteiger partial charge in [0, 0.05) is 18.7 Å². The Kier molecular flexibility index (Phi) is 7.88. The number of nitro benzene ring substituents is 1. The highest BCUT2D eigenvalue weighted by Gasteiger charge is 2.05. The van der Waals surface area contributed by atoms with Crippen LogP contribution in [0, 0.1) is 10.1 Å². The van der Waals surface area contributed by atoms with E-state index in [0.29, 0.717) is 0 Å². The van der Waals surface area contributed by atoms with Crippen molar-refractivity contribution in [3.8, 4) is 0 Å². The first-order valence-electron chi connectivity index (χ1n) is 7.55. The molecule has 4 heteroatoms. The minimum Gasteiger partial charge on any atom is -0.302 e. The van der Waals surface area contributed by atoms with E-state index in [0.717, 1.165) is 18.7 Å². The van der Waals surface area contributed by atoms with Crippen molar-refractivity contribution in [1.29, 1.82) is 0 Å². The molecule has 0 atom stereocenters. The third-order valence-electron chi connectivity index (χ3n) is 3.49. The fourth-order valence-electron chi connectivity index (χ4n) is 2.28. The van der Waals surface area contributed by atoms with Crippen LogP contribution in [0.25, 0.3) is 0 Å². The minimum absolute atomic E-state index is 0.160. The average Bonchev–Trinajstić information content (AvgIpc) is 2.43. The molecule has 0 spiro atoms. The predicted octanol–water partition coefficient (Wildman–Crippen LogP) is 4.39. The van der Waals surface area contributed by atoms with Crippen molar-refractivity contribution < 1.29 is 4.92 Å². The van der Waals surface area contributed by atoms with Crippen LogP contribution in [0.5, 0.6) is 0 Å². The van der Waals surface area contributed by atoms with Gasteiger partial charge in [-0.3, -0.25) is 10.1 Å². The Bertz CT molecular complexity index is 390. The van der Waals surface area contributed by atoms with Gasteiger partial charge in [-0.1, -0.05) is 51.2 Å². The summed E-state index contributed by atoms with van der Waals surface area (Å²) < 4.78 is 0. The minimum atomic E-state index is -0.357. The topological polar surface area (TPSA) is 46.4 Å². The van der Waals surface area contributed by atoms with Crippen molar-refractivity contribution in [1.82, 2.24) is 4.90 Å². The summed E-state index contributed by atoms with van der Waals surface area (Å²) in [6.07, 6.45) is 7.85. The Hall–Kier alpha value is -1.42. The summed E-state index contributed by atoms with van der Waals surface area (Å²) in [5.74, 6) is 0. The number of rotatable bonds is 10. The van der Waals surface area contributed by atoms with E-state index in [2.05, 4.69) is 18.9 Å². The van der Waals surface area contributed by atoms with Crippen LogP contribution in [0.1, 0.15) is 51.0 Å². The molecule has 4 nitrogen and oxygen atoms in total. The summed E-state index contributed by atoms with van der Waals surface area (Å²) in [5.41, 5.74) is 1.29. The van der Waals surface area contributed by atoms with E-state index in [4.69, 9.17) is 0 Å². The Labute approximate surface area is 121 Å². The van der Waals surface area contributed by atoms with E-state index in [1.165, 1.54) is 38.5 Å². The first kappa shape index (κ1) is 16.6. The van der Waals surface area contributed by atoms with Crippen LogP contribution in [0.3, 0.4) is 0 Å². The Morgan fingerprint density at radius 3 is 2.25 bits per heavy atom. The number of hydrogen-bond acceptors (Lipinski definition) is 3. The van der Waals surface area contributed by atoms with Crippen LogP contribution in [0.2, 0.25) is 0 Å². The molecule has 0 aliphatic heterocycles. The molecule has 112 valence electrons. The third kappa shape index (κ3) is 6.66. The lowest BCUT2D eigenvalue weighted by Crippen LogP contribution is -2.19. The summed E-state index contributed by atoms with van der Waals surface area (Å²) in [7, 11) is 2.10. The molecule has 0 N–H and O–H groups in total. The number of benzene rings is 1. The first-order chi connectivity index (χ1) is 9.63. The molecule has 0 radical (unpaired) electrons. The number of hydrogen-bond donors (Lipinski definition) is 0. The van der Waals surface area contributed by atoms with E-state index in [9.17, 15) is 10.1 Å². The first-order valence-corrected chi connectivity index (χ1v) is 7.55. The van der Waals surface area contributed by atoms with Crippen molar-refractivity contribution in [2.75, 3.05) is 13.6 Å². The number of nitrogens with zero attached hydrogens (tertiary/aromatic N) is 2. The highest BCUT2D eigenvalue weighted by atomic mass is 16.6. The van der Waals surface area contributed by atoms with Gasteiger partial charge in [0.1, 0.15) is 0 Å². The lowest BCUT2D eigenvalue weighted by molar-refractivity contribution is -0.384. The Morgan fingerprint density at radius 1 is 1.05 bits per heavy atom. The zero-order valence-corrected chi connectivity index (χ0v) is 12.7. The van der Waals surface area contributed by atoms with Crippen LogP contribution in [0.15, 0.2) is 24.3 Å². The van der Waals surface area contributed by atoms with Gasteiger partial charge in [-0.2, -0.15) is 0 Å². The van der Waals surface area contributed by atoms with Gasteiger partial charge < -0.3 is 4.90 Å². The molecule has 1 rings (SSSR count). The van der Waals surface area contributed by atoms with E-state index in [-0.39, 0.29) is 10.6 Å². The number of unbranched alkanes of at least 4 members (excludes halogenated alkanes) is 5. The Balaban J connectivity index is 2.21. The predicted molar refractivity (Wildman–Crippen MR) is 82.8 cm³/mol. The maximum Gasteiger partial charge on any atom is 0.269 e. The second kappa shape index (κ2) is 9.48. The van der Waals surface area contributed by atoms with Gasteiger partial charge in [0.05, 0.1) is 4.92 Å². The highest BCUT2D eigenvalue weighted by Crippen LogP contribution is 2.13. The SMILES string of the molecule is CCCCCCCCN(C)Cc1ccc([N+](=O)[O-])cc1. The molecule has 0 amide bonds. The molecular weight excluding hydrogens is 252 g/mol. The molecule has 0 unspecified atom stereocenters. The smallest absolute Gasteiger partial charge is 0.269 e. The van der Waals surface area contributed by atoms with E-state index < -0.39 is 0 Å². The second-order valence-corrected chi connectivity index (χ2v) is 5.43. The van der Waals surface area contributed by atoms with Gasteiger partial charge in [-0.15, -0.1) is 0 Å². The van der Waals surface area contributed by atoms with Crippen LogP contribution in [-0.2, 0) is 6.54 Å². The molecule has 0 saturated heterocycles. The molecular formula is C16H26N2O2. The molecule has 20 heavy (non-hydrogen) atoms. The number of nitro groups is 1. The van der Waals surface area contributed by atoms with Crippen LogP contribution in [0.4, 0.5) is 5.69 Å². The van der Waals surface area contributed by atoms with Crippen molar-refractivity contribution >= 4 is 5.69 Å². The van der Waals surface area contributed by atoms with Gasteiger partial charge in [-0.25, -0.2) is 0 Å². The molecule has 0 aromatic heterocycles. The summed E-state index contributed by atoms with van der Waals surface area (Å²) in [4.78, 5) is 12.5. The van der Waals surface area contributed by atoms with Crippen molar-refractivity contribution in [3.63, 3.8) is 0 Å². The maximum absolute atomic E-state index is 10.6. The molecule has 1 aromatic carbocycles. The molecule has 0 saturated carbocycles. The maximum atomic E-state index is 10.6. The summed E-state index contributed by atoms with van der Waals surface area (Å²) in [6, 6.07) is 6.84. The summed E-state index contributed by atoms with van der Waals surface area (Å²) in [6.45, 7) is 4.17. The molecule has 0 heterocycles. The third-order valence-corrected chi connectivity index (χ3v) is 3.49. The molecule has 0 aliphatic carbocycles. The van der Waals surface area contributed by atoms with E-state index in [1.54, 1.807) is 12.1 Å². The fourth-order valence-corrected chi connectivity index (χ4v) is 2.28. The van der Waals surface area contributed by atoms with Gasteiger partial charge in [-0.05, 0) is 25.6 Å². The molecule has 0 fully saturated rings.